The number of nitrogens with zero attached hydrogens (tertiary/aromatic N) is 4. The molecule has 0 radical (unpaired) electrons. The van der Waals surface area contributed by atoms with E-state index in [1.807, 2.05) is 25.5 Å². The van der Waals surface area contributed by atoms with Crippen LogP contribution in [0.2, 0.25) is 0 Å². The highest BCUT2D eigenvalue weighted by Crippen LogP contribution is 2.22. The molecule has 0 saturated carbocycles. The van der Waals surface area contributed by atoms with Crippen LogP contribution in [0.1, 0.15) is 17.6 Å². The molecule has 1 saturated heterocycles. The number of piperazine rings is 1. The Balaban J connectivity index is 0.00000133. The van der Waals surface area contributed by atoms with E-state index >= 15 is 0 Å². The maximum atomic E-state index is 4.89. The number of hydrogen-bond donors (Lipinski definition) is 1. The van der Waals surface area contributed by atoms with E-state index in [0.29, 0.717) is 0 Å². The van der Waals surface area contributed by atoms with Crippen molar-refractivity contribution >= 4 is 12.4 Å². The van der Waals surface area contributed by atoms with E-state index in [4.69, 9.17) is 4.52 Å². The summed E-state index contributed by atoms with van der Waals surface area (Å²) in [7, 11) is 2.03. The average molecular weight is 284 g/mol. The van der Waals surface area contributed by atoms with Gasteiger partial charge in [-0.1, -0.05) is 5.16 Å². The zero-order chi connectivity index (χ0) is 12.4. The molecule has 2 aromatic rings. The van der Waals surface area contributed by atoms with Gasteiger partial charge in [-0.05, 0) is 0 Å². The van der Waals surface area contributed by atoms with Gasteiger partial charge >= 0.3 is 0 Å². The molecule has 1 N–H and O–H groups in total. The molecule has 3 rings (SSSR count). The Morgan fingerprint density at radius 3 is 3.11 bits per heavy atom. The van der Waals surface area contributed by atoms with Crippen LogP contribution in [-0.4, -0.2) is 39.2 Å². The standard InChI is InChI=1S/C12H17N5O.ClH/c1-16-5-4-14-12(16)11-8-13-3-6-17(11)9-10-2-7-18-15-10;/h2,4-5,7,11,13H,3,6,8-9H2,1H3;1H. The normalized spacial score (nSPS) is 20.2. The molecule has 0 amide bonds. The third kappa shape index (κ3) is 2.97. The van der Waals surface area contributed by atoms with Crippen molar-refractivity contribution in [2.75, 3.05) is 19.6 Å². The van der Waals surface area contributed by atoms with Crippen LogP contribution in [0.5, 0.6) is 0 Å². The Morgan fingerprint density at radius 2 is 2.42 bits per heavy atom. The summed E-state index contributed by atoms with van der Waals surface area (Å²) in [6.07, 6.45) is 5.45. The van der Waals surface area contributed by atoms with Crippen LogP contribution < -0.4 is 5.32 Å². The first-order valence-electron chi connectivity index (χ1n) is 6.16. The number of nitrogens with one attached hydrogen (secondary N) is 1. The molecule has 104 valence electrons. The number of aromatic nitrogens is 3. The molecular formula is C12H18ClN5O. The molecule has 1 unspecified atom stereocenters. The Morgan fingerprint density at radius 1 is 1.53 bits per heavy atom. The summed E-state index contributed by atoms with van der Waals surface area (Å²) in [5, 5.41) is 7.41. The van der Waals surface area contributed by atoms with Crippen molar-refractivity contribution in [2.24, 2.45) is 7.05 Å². The van der Waals surface area contributed by atoms with Crippen molar-refractivity contribution < 1.29 is 4.52 Å². The molecule has 1 fully saturated rings. The Kier molecular flexibility index (Phi) is 4.57. The second-order valence-electron chi connectivity index (χ2n) is 4.58. The summed E-state index contributed by atoms with van der Waals surface area (Å²) in [6.45, 7) is 3.71. The van der Waals surface area contributed by atoms with Crippen LogP contribution in [0.25, 0.3) is 0 Å². The monoisotopic (exact) mass is 283 g/mol. The highest BCUT2D eigenvalue weighted by Gasteiger charge is 2.27. The Hall–Kier alpha value is -1.37. The molecule has 3 heterocycles. The topological polar surface area (TPSA) is 59.1 Å². The van der Waals surface area contributed by atoms with Gasteiger partial charge in [0.1, 0.15) is 12.1 Å². The van der Waals surface area contributed by atoms with Gasteiger partial charge in [-0.2, -0.15) is 0 Å². The molecule has 1 aliphatic rings. The highest BCUT2D eigenvalue weighted by molar-refractivity contribution is 5.85. The van der Waals surface area contributed by atoms with E-state index in [1.54, 1.807) is 6.26 Å². The molecule has 0 spiro atoms. The van der Waals surface area contributed by atoms with E-state index < -0.39 is 0 Å². The number of halogens is 1. The van der Waals surface area contributed by atoms with Gasteiger partial charge < -0.3 is 14.4 Å². The number of aryl methyl sites for hydroxylation is 1. The summed E-state index contributed by atoms with van der Waals surface area (Å²) >= 11 is 0. The minimum Gasteiger partial charge on any atom is -0.364 e. The van der Waals surface area contributed by atoms with Gasteiger partial charge in [0.25, 0.3) is 0 Å². The van der Waals surface area contributed by atoms with E-state index in [-0.39, 0.29) is 18.4 Å². The van der Waals surface area contributed by atoms with Crippen LogP contribution in [0.4, 0.5) is 0 Å². The molecule has 0 aromatic carbocycles. The molecule has 7 heteroatoms. The molecule has 0 aliphatic carbocycles. The molecule has 6 nitrogen and oxygen atoms in total. The lowest BCUT2D eigenvalue weighted by Crippen LogP contribution is -2.46. The number of imidazole rings is 1. The SMILES string of the molecule is Cl.Cn1ccnc1C1CNCCN1Cc1ccon1. The largest absolute Gasteiger partial charge is 0.364 e. The smallest absolute Gasteiger partial charge is 0.127 e. The molecule has 1 atom stereocenters. The van der Waals surface area contributed by atoms with Gasteiger partial charge in [-0.25, -0.2) is 4.98 Å². The lowest BCUT2D eigenvalue weighted by atomic mass is 10.1. The quantitative estimate of drug-likeness (QED) is 0.910. The number of rotatable bonds is 3. The van der Waals surface area contributed by atoms with Crippen molar-refractivity contribution in [1.82, 2.24) is 24.9 Å². The first-order valence-corrected chi connectivity index (χ1v) is 6.16. The zero-order valence-corrected chi connectivity index (χ0v) is 11.6. The number of hydrogen-bond acceptors (Lipinski definition) is 5. The molecule has 1 aliphatic heterocycles. The predicted molar refractivity (Wildman–Crippen MR) is 73.0 cm³/mol. The first kappa shape index (κ1) is 14.0. The molecule has 19 heavy (non-hydrogen) atoms. The Labute approximate surface area is 118 Å². The third-order valence-electron chi connectivity index (χ3n) is 3.37. The van der Waals surface area contributed by atoms with E-state index in [2.05, 4.69) is 24.9 Å². The predicted octanol–water partition coefficient (Wildman–Crippen LogP) is 0.976. The maximum absolute atomic E-state index is 4.89. The lowest BCUT2D eigenvalue weighted by molar-refractivity contribution is 0.141. The second-order valence-corrected chi connectivity index (χ2v) is 4.58. The van der Waals surface area contributed by atoms with Gasteiger partial charge in [-0.15, -0.1) is 12.4 Å². The maximum Gasteiger partial charge on any atom is 0.127 e. The molecule has 2 aromatic heterocycles. The van der Waals surface area contributed by atoms with Crippen molar-refractivity contribution in [3.8, 4) is 0 Å². The van der Waals surface area contributed by atoms with Gasteiger partial charge in [-0.3, -0.25) is 4.90 Å². The van der Waals surface area contributed by atoms with Crippen LogP contribution in [-0.2, 0) is 13.6 Å². The zero-order valence-electron chi connectivity index (χ0n) is 10.8. The van der Waals surface area contributed by atoms with Gasteiger partial charge in [0, 0.05) is 51.7 Å². The van der Waals surface area contributed by atoms with Crippen LogP contribution in [0, 0.1) is 0 Å². The summed E-state index contributed by atoms with van der Waals surface area (Å²) in [5.41, 5.74) is 0.969. The highest BCUT2D eigenvalue weighted by atomic mass is 35.5. The first-order chi connectivity index (χ1) is 8.84. The second kappa shape index (κ2) is 6.18. The van der Waals surface area contributed by atoms with Crippen molar-refractivity contribution in [3.05, 3.63) is 36.2 Å². The van der Waals surface area contributed by atoms with Crippen LogP contribution in [0.15, 0.2) is 29.2 Å². The summed E-state index contributed by atoms with van der Waals surface area (Å²) in [6, 6.07) is 2.20. The van der Waals surface area contributed by atoms with Crippen molar-refractivity contribution in [3.63, 3.8) is 0 Å². The minimum atomic E-state index is 0. The van der Waals surface area contributed by atoms with Crippen molar-refractivity contribution in [1.29, 1.82) is 0 Å². The Bertz CT molecular complexity index is 498. The minimum absolute atomic E-state index is 0. The van der Waals surface area contributed by atoms with E-state index in [1.165, 1.54) is 0 Å². The average Bonchev–Trinajstić information content (AvgIpc) is 3.02. The fraction of sp³-hybridized carbons (Fsp3) is 0.500. The molecule has 0 bridgehead atoms. The van der Waals surface area contributed by atoms with Crippen LogP contribution in [0.3, 0.4) is 0 Å². The van der Waals surface area contributed by atoms with E-state index in [9.17, 15) is 0 Å². The fourth-order valence-corrected chi connectivity index (χ4v) is 2.42. The summed E-state index contributed by atoms with van der Waals surface area (Å²) in [4.78, 5) is 6.84. The summed E-state index contributed by atoms with van der Waals surface area (Å²) in [5.74, 6) is 1.09. The third-order valence-corrected chi connectivity index (χ3v) is 3.37. The van der Waals surface area contributed by atoms with Gasteiger partial charge in [0.2, 0.25) is 0 Å². The van der Waals surface area contributed by atoms with Gasteiger partial charge in [0.05, 0.1) is 11.7 Å². The van der Waals surface area contributed by atoms with Crippen molar-refractivity contribution in [2.45, 2.75) is 12.6 Å². The fourth-order valence-electron chi connectivity index (χ4n) is 2.42. The lowest BCUT2D eigenvalue weighted by Gasteiger charge is -2.35. The molecular weight excluding hydrogens is 266 g/mol. The van der Waals surface area contributed by atoms with E-state index in [0.717, 1.165) is 37.7 Å². The van der Waals surface area contributed by atoms with Gasteiger partial charge in [0.15, 0.2) is 0 Å². The summed E-state index contributed by atoms with van der Waals surface area (Å²) < 4.78 is 6.97. The van der Waals surface area contributed by atoms with Crippen LogP contribution >= 0.6 is 12.4 Å².